The fraction of sp³-hybridized carbons (Fsp3) is 0.276. The minimum atomic E-state index is -0.706. The fourth-order valence-corrected chi connectivity index (χ4v) is 4.58. The largest absolute Gasteiger partial charge is 0.507 e. The number of rotatable bonds is 7. The number of aliphatic hydroxyl groups excluding tert-OH is 1. The van der Waals surface area contributed by atoms with Gasteiger partial charge in [0, 0.05) is 43.3 Å². The Balaban J connectivity index is 1.84. The number of benzene rings is 2. The lowest BCUT2D eigenvalue weighted by Crippen LogP contribution is -2.29. The van der Waals surface area contributed by atoms with E-state index in [2.05, 4.69) is 23.7 Å². The van der Waals surface area contributed by atoms with Gasteiger partial charge in [0.05, 0.1) is 11.6 Å². The van der Waals surface area contributed by atoms with Crippen molar-refractivity contribution in [2.45, 2.75) is 40.3 Å². The highest BCUT2D eigenvalue weighted by atomic mass is 16.3. The number of ketones is 1. The second kappa shape index (κ2) is 10.1. The van der Waals surface area contributed by atoms with Gasteiger partial charge in [-0.15, -0.1) is 0 Å². The number of aliphatic hydroxyl groups is 1. The Morgan fingerprint density at radius 1 is 1.00 bits per heavy atom. The molecule has 4 rings (SSSR count). The van der Waals surface area contributed by atoms with E-state index in [1.807, 2.05) is 56.3 Å². The van der Waals surface area contributed by atoms with Gasteiger partial charge < -0.3 is 14.9 Å². The van der Waals surface area contributed by atoms with Crippen molar-refractivity contribution in [1.82, 2.24) is 9.88 Å². The van der Waals surface area contributed by atoms with E-state index in [4.69, 9.17) is 0 Å². The zero-order valence-corrected chi connectivity index (χ0v) is 20.7. The first kappa shape index (κ1) is 24.2. The number of hydrogen-bond acceptors (Lipinski definition) is 5. The fourth-order valence-electron chi connectivity index (χ4n) is 4.58. The highest BCUT2D eigenvalue weighted by Gasteiger charge is 2.46. The van der Waals surface area contributed by atoms with Crippen molar-refractivity contribution in [1.29, 1.82) is 0 Å². The van der Waals surface area contributed by atoms with Crippen LogP contribution in [0.4, 0.5) is 5.69 Å². The van der Waals surface area contributed by atoms with Gasteiger partial charge in [-0.3, -0.25) is 14.6 Å². The Kier molecular flexibility index (Phi) is 7.01. The van der Waals surface area contributed by atoms with Gasteiger partial charge in [0.15, 0.2) is 0 Å². The van der Waals surface area contributed by atoms with Crippen LogP contribution in [0.15, 0.2) is 72.6 Å². The summed E-state index contributed by atoms with van der Waals surface area (Å²) in [6, 6.07) is 16.4. The zero-order chi connectivity index (χ0) is 25.1. The third-order valence-electron chi connectivity index (χ3n) is 6.73. The third kappa shape index (κ3) is 4.69. The topological polar surface area (TPSA) is 73.7 Å². The highest BCUT2D eigenvalue weighted by Crippen LogP contribution is 2.40. The minimum absolute atomic E-state index is 0.109. The van der Waals surface area contributed by atoms with E-state index in [-0.39, 0.29) is 17.9 Å². The van der Waals surface area contributed by atoms with Gasteiger partial charge >= 0.3 is 0 Å². The zero-order valence-electron chi connectivity index (χ0n) is 20.7. The summed E-state index contributed by atoms with van der Waals surface area (Å²) in [6.07, 6.45) is 3.35. The molecule has 1 aromatic heterocycles. The molecule has 0 saturated carbocycles. The summed E-state index contributed by atoms with van der Waals surface area (Å²) >= 11 is 0. The average Bonchev–Trinajstić information content (AvgIpc) is 3.12. The van der Waals surface area contributed by atoms with Crippen LogP contribution in [0, 0.1) is 13.8 Å². The molecule has 180 valence electrons. The molecule has 6 nitrogen and oxygen atoms in total. The first-order valence-electron chi connectivity index (χ1n) is 12.0. The number of anilines is 1. The van der Waals surface area contributed by atoms with Crippen LogP contribution >= 0.6 is 0 Å². The summed E-state index contributed by atoms with van der Waals surface area (Å²) < 4.78 is 0. The summed E-state index contributed by atoms with van der Waals surface area (Å²) in [5, 5.41) is 11.3. The minimum Gasteiger partial charge on any atom is -0.507 e. The van der Waals surface area contributed by atoms with E-state index in [9.17, 15) is 14.7 Å². The molecule has 2 aromatic carbocycles. The van der Waals surface area contributed by atoms with Gasteiger partial charge in [0.2, 0.25) is 0 Å². The molecule has 1 saturated heterocycles. The molecule has 1 aliphatic heterocycles. The number of pyridine rings is 1. The van der Waals surface area contributed by atoms with Crippen LogP contribution in [0.5, 0.6) is 0 Å². The van der Waals surface area contributed by atoms with E-state index in [0.29, 0.717) is 5.56 Å². The van der Waals surface area contributed by atoms with E-state index in [1.165, 1.54) is 4.90 Å². The molecule has 1 amide bonds. The monoisotopic (exact) mass is 469 g/mol. The molecule has 0 aliphatic carbocycles. The van der Waals surface area contributed by atoms with E-state index in [0.717, 1.165) is 41.0 Å². The Labute approximate surface area is 206 Å². The molecule has 1 N–H and O–H groups in total. The quantitative estimate of drug-likeness (QED) is 0.294. The maximum Gasteiger partial charge on any atom is 0.295 e. The summed E-state index contributed by atoms with van der Waals surface area (Å²) in [4.78, 5) is 34.4. The lowest BCUT2D eigenvalue weighted by atomic mass is 9.94. The number of carbonyl (C=O) groups excluding carboxylic acids is 2. The maximum absolute atomic E-state index is 13.3. The van der Waals surface area contributed by atoms with Crippen LogP contribution in [0.3, 0.4) is 0 Å². The van der Waals surface area contributed by atoms with Crippen LogP contribution < -0.4 is 4.90 Å². The number of aromatic nitrogens is 1. The summed E-state index contributed by atoms with van der Waals surface area (Å²) in [6.45, 7) is 10.1. The maximum atomic E-state index is 13.3. The molecule has 35 heavy (non-hydrogen) atoms. The summed E-state index contributed by atoms with van der Waals surface area (Å²) in [5.74, 6) is -1.46. The predicted octanol–water partition coefficient (Wildman–Crippen LogP) is 5.17. The van der Waals surface area contributed by atoms with Crippen molar-refractivity contribution >= 4 is 23.1 Å². The van der Waals surface area contributed by atoms with Crippen molar-refractivity contribution in [3.8, 4) is 0 Å². The van der Waals surface area contributed by atoms with E-state index < -0.39 is 17.7 Å². The molecule has 0 radical (unpaired) electrons. The lowest BCUT2D eigenvalue weighted by Gasteiger charge is -2.26. The Hall–Kier alpha value is -3.93. The van der Waals surface area contributed by atoms with E-state index >= 15 is 0 Å². The molecule has 6 heteroatoms. The highest BCUT2D eigenvalue weighted by molar-refractivity contribution is 6.46. The van der Waals surface area contributed by atoms with Gasteiger partial charge in [-0.25, -0.2) is 0 Å². The SMILES string of the molecule is CCN(CC)c1ccc(C2/C(=C(/O)c3ccc(C)c(C)c3)C(=O)C(=O)N2Cc2cccnc2)cc1. The second-order valence-electron chi connectivity index (χ2n) is 8.85. The van der Waals surface area contributed by atoms with E-state index in [1.54, 1.807) is 24.5 Å². The number of amides is 1. The summed E-state index contributed by atoms with van der Waals surface area (Å²) in [5.41, 5.74) is 5.37. The summed E-state index contributed by atoms with van der Waals surface area (Å²) in [7, 11) is 0. The Morgan fingerprint density at radius 2 is 1.71 bits per heavy atom. The molecule has 2 heterocycles. The Morgan fingerprint density at radius 3 is 2.31 bits per heavy atom. The van der Waals surface area contributed by atoms with Crippen molar-refractivity contribution in [3.05, 3.63) is 100 Å². The molecule has 0 bridgehead atoms. The molecule has 1 unspecified atom stereocenters. The third-order valence-corrected chi connectivity index (χ3v) is 6.73. The van der Waals surface area contributed by atoms with Crippen molar-refractivity contribution in [2.75, 3.05) is 18.0 Å². The van der Waals surface area contributed by atoms with Crippen LogP contribution in [0.25, 0.3) is 5.76 Å². The van der Waals surface area contributed by atoms with Crippen molar-refractivity contribution < 1.29 is 14.7 Å². The second-order valence-corrected chi connectivity index (χ2v) is 8.85. The molecule has 1 fully saturated rings. The molecule has 1 atom stereocenters. The van der Waals surface area contributed by atoms with Crippen LogP contribution in [-0.4, -0.2) is 39.8 Å². The predicted molar refractivity (Wildman–Crippen MR) is 138 cm³/mol. The van der Waals surface area contributed by atoms with Gasteiger partial charge in [0.1, 0.15) is 5.76 Å². The number of likely N-dealkylation sites (tertiary alicyclic amines) is 1. The average molecular weight is 470 g/mol. The molecular weight excluding hydrogens is 438 g/mol. The number of hydrogen-bond donors (Lipinski definition) is 1. The molecule has 0 spiro atoms. The first-order valence-corrected chi connectivity index (χ1v) is 12.0. The van der Waals surface area contributed by atoms with Gasteiger partial charge in [-0.1, -0.05) is 30.3 Å². The van der Waals surface area contributed by atoms with Gasteiger partial charge in [0.25, 0.3) is 11.7 Å². The Bertz CT molecular complexity index is 1260. The number of Topliss-reactive ketones (excluding diaryl/α,β-unsaturated/α-hetero) is 1. The molecular formula is C29H31N3O3. The van der Waals surface area contributed by atoms with Gasteiger partial charge in [-0.2, -0.15) is 0 Å². The van der Waals surface area contributed by atoms with Crippen LogP contribution in [0.2, 0.25) is 0 Å². The molecule has 3 aromatic rings. The first-order chi connectivity index (χ1) is 16.8. The normalized spacial score (nSPS) is 17.1. The van der Waals surface area contributed by atoms with Crippen molar-refractivity contribution in [3.63, 3.8) is 0 Å². The number of carbonyl (C=O) groups is 2. The smallest absolute Gasteiger partial charge is 0.295 e. The van der Waals surface area contributed by atoms with Crippen LogP contribution in [0.1, 0.15) is 47.7 Å². The molecule has 1 aliphatic rings. The van der Waals surface area contributed by atoms with Crippen LogP contribution in [-0.2, 0) is 16.1 Å². The standard InChI is InChI=1S/C29H31N3O3/c1-5-31(6-2)24-13-11-22(12-14-24)26-25(27(33)23-10-9-19(3)20(4)16-23)28(34)29(35)32(26)18-21-8-7-15-30-17-21/h7-17,26,33H,5-6,18H2,1-4H3/b27-25-. The van der Waals surface area contributed by atoms with Crippen molar-refractivity contribution in [2.24, 2.45) is 0 Å². The number of nitrogens with zero attached hydrogens (tertiary/aromatic N) is 3. The van der Waals surface area contributed by atoms with Gasteiger partial charge in [-0.05, 0) is 74.2 Å². The number of aryl methyl sites for hydroxylation is 2. The lowest BCUT2D eigenvalue weighted by molar-refractivity contribution is -0.140.